The van der Waals surface area contributed by atoms with Gasteiger partial charge in [-0.15, -0.1) is 0 Å². The van der Waals surface area contributed by atoms with Gasteiger partial charge in [-0.25, -0.2) is 15.8 Å². The lowest BCUT2D eigenvalue weighted by Crippen LogP contribution is -2.31. The van der Waals surface area contributed by atoms with Gasteiger partial charge in [-0.2, -0.15) is 0 Å². The summed E-state index contributed by atoms with van der Waals surface area (Å²) in [4.78, 5) is 20.1. The molecule has 6 nitrogen and oxygen atoms in total. The zero-order chi connectivity index (χ0) is 13.7. The minimum absolute atomic E-state index is 0.168. The molecular weight excluding hydrogens is 250 g/mol. The summed E-state index contributed by atoms with van der Waals surface area (Å²) in [6.45, 7) is 8.07. The number of aromatic nitrogens is 2. The maximum absolute atomic E-state index is 11.6. The van der Waals surface area contributed by atoms with Crippen molar-refractivity contribution in [2.24, 2.45) is 5.84 Å². The predicted octanol–water partition coefficient (Wildman–Crippen LogP) is 1.40. The molecule has 1 aromatic rings. The van der Waals surface area contributed by atoms with E-state index in [4.69, 9.17) is 5.84 Å². The van der Waals surface area contributed by atoms with Crippen molar-refractivity contribution in [2.75, 3.05) is 5.32 Å². The topological polar surface area (TPSA) is 92.9 Å². The van der Waals surface area contributed by atoms with E-state index in [1.807, 2.05) is 13.8 Å². The molecule has 0 aliphatic heterocycles. The lowest BCUT2D eigenvalue weighted by molar-refractivity contribution is 0.0953. The number of amides is 1. The van der Waals surface area contributed by atoms with Crippen LogP contribution in [0.1, 0.15) is 38.1 Å². The first kappa shape index (κ1) is 14.7. The lowest BCUT2D eigenvalue weighted by Gasteiger charge is -2.14. The van der Waals surface area contributed by atoms with E-state index >= 15 is 0 Å². The van der Waals surface area contributed by atoms with Crippen molar-refractivity contribution in [3.63, 3.8) is 0 Å². The van der Waals surface area contributed by atoms with E-state index in [1.165, 1.54) is 6.20 Å². The van der Waals surface area contributed by atoms with Gasteiger partial charge in [-0.1, -0.05) is 25.6 Å². The fourth-order valence-corrected chi connectivity index (χ4v) is 1.94. The van der Waals surface area contributed by atoms with Gasteiger partial charge < -0.3 is 5.32 Å². The molecule has 7 heteroatoms. The Morgan fingerprint density at radius 2 is 2.06 bits per heavy atom. The molecule has 1 rings (SSSR count). The number of hydrazine groups is 1. The number of nitrogens with zero attached hydrogens (tertiary/aromatic N) is 2. The summed E-state index contributed by atoms with van der Waals surface area (Å²) in [6.07, 6.45) is 1.49. The van der Waals surface area contributed by atoms with Crippen LogP contribution in [0.5, 0.6) is 0 Å². The molecule has 1 amide bonds. The molecule has 0 aliphatic rings. The second-order valence-electron chi connectivity index (χ2n) is 4.35. The number of rotatable bonds is 5. The van der Waals surface area contributed by atoms with Gasteiger partial charge in [0.1, 0.15) is 11.4 Å². The van der Waals surface area contributed by atoms with Gasteiger partial charge in [0, 0.05) is 17.5 Å². The molecule has 1 heterocycles. The number of nitrogens with two attached hydrogens (primary N) is 1. The maximum atomic E-state index is 11.6. The second-order valence-corrected chi connectivity index (χ2v) is 5.90. The number of hydrogen-bond acceptors (Lipinski definition) is 6. The van der Waals surface area contributed by atoms with Crippen molar-refractivity contribution < 1.29 is 4.79 Å². The summed E-state index contributed by atoms with van der Waals surface area (Å²) in [5, 5.41) is 4.14. The van der Waals surface area contributed by atoms with Crippen molar-refractivity contribution in [1.82, 2.24) is 15.4 Å². The molecule has 0 bridgehead atoms. The molecule has 0 aromatic carbocycles. The monoisotopic (exact) mass is 269 g/mol. The first-order chi connectivity index (χ1) is 8.43. The number of nitrogen functional groups attached to an aromatic ring is 1. The van der Waals surface area contributed by atoms with Gasteiger partial charge in [0.25, 0.3) is 5.91 Å². The minimum Gasteiger partial charge on any atom is -0.367 e. The number of carbonyl (C=O) groups excluding carboxylic acids is 1. The fourth-order valence-electron chi connectivity index (χ4n) is 1.26. The third-order valence-electron chi connectivity index (χ3n) is 1.91. The van der Waals surface area contributed by atoms with Crippen LogP contribution in [0.2, 0.25) is 0 Å². The first-order valence-corrected chi connectivity index (χ1v) is 6.63. The quantitative estimate of drug-likeness (QED) is 0.246. The number of thioether (sulfide) groups is 1. The molecule has 0 aliphatic carbocycles. The Morgan fingerprint density at radius 1 is 1.39 bits per heavy atom. The normalized spacial score (nSPS) is 10.8. The van der Waals surface area contributed by atoms with E-state index in [1.54, 1.807) is 11.8 Å². The maximum Gasteiger partial charge on any atom is 0.270 e. The van der Waals surface area contributed by atoms with Gasteiger partial charge in [0.2, 0.25) is 0 Å². The van der Waals surface area contributed by atoms with E-state index in [2.05, 4.69) is 34.6 Å². The summed E-state index contributed by atoms with van der Waals surface area (Å²) >= 11 is 1.54. The summed E-state index contributed by atoms with van der Waals surface area (Å²) in [5.74, 6) is 5.24. The Kier molecular flexibility index (Phi) is 5.36. The van der Waals surface area contributed by atoms with Crippen LogP contribution in [0, 0.1) is 0 Å². The van der Waals surface area contributed by atoms with Crippen LogP contribution in [-0.4, -0.2) is 27.2 Å². The number of nitrogens with one attached hydrogen (secondary N) is 2. The van der Waals surface area contributed by atoms with Gasteiger partial charge >= 0.3 is 0 Å². The Morgan fingerprint density at radius 3 is 2.56 bits per heavy atom. The zero-order valence-electron chi connectivity index (χ0n) is 11.0. The first-order valence-electron chi connectivity index (χ1n) is 5.75. The van der Waals surface area contributed by atoms with Gasteiger partial charge in [-0.3, -0.25) is 10.2 Å². The highest BCUT2D eigenvalue weighted by Gasteiger charge is 2.15. The lowest BCUT2D eigenvalue weighted by atomic mass is 10.2. The highest BCUT2D eigenvalue weighted by Crippen LogP contribution is 2.22. The van der Waals surface area contributed by atoms with Crippen molar-refractivity contribution in [2.45, 2.75) is 44.1 Å². The minimum atomic E-state index is -0.403. The molecule has 0 radical (unpaired) electrons. The SMILES string of the molecule is CC(C)Nc1nc(SC(C)C)ncc1C(=O)NN. The van der Waals surface area contributed by atoms with E-state index in [0.29, 0.717) is 21.8 Å². The zero-order valence-corrected chi connectivity index (χ0v) is 11.8. The van der Waals surface area contributed by atoms with Crippen LogP contribution in [0.15, 0.2) is 11.4 Å². The van der Waals surface area contributed by atoms with E-state index in [-0.39, 0.29) is 6.04 Å². The van der Waals surface area contributed by atoms with Crippen molar-refractivity contribution in [3.8, 4) is 0 Å². The largest absolute Gasteiger partial charge is 0.367 e. The van der Waals surface area contributed by atoms with Crippen LogP contribution in [0.25, 0.3) is 0 Å². The number of anilines is 1. The molecule has 0 fully saturated rings. The molecule has 0 saturated carbocycles. The predicted molar refractivity (Wildman–Crippen MR) is 73.4 cm³/mol. The summed E-state index contributed by atoms with van der Waals surface area (Å²) in [6, 6.07) is 0.168. The average Bonchev–Trinajstić information content (AvgIpc) is 2.26. The molecule has 0 unspecified atom stereocenters. The van der Waals surface area contributed by atoms with Crippen LogP contribution in [0.4, 0.5) is 5.82 Å². The summed E-state index contributed by atoms with van der Waals surface area (Å²) in [5.41, 5.74) is 2.44. The Bertz CT molecular complexity index is 422. The van der Waals surface area contributed by atoms with Crippen molar-refractivity contribution in [1.29, 1.82) is 0 Å². The third kappa shape index (κ3) is 4.15. The van der Waals surface area contributed by atoms with Crippen LogP contribution < -0.4 is 16.6 Å². The molecular formula is C11H19N5OS. The smallest absolute Gasteiger partial charge is 0.270 e. The summed E-state index contributed by atoms with van der Waals surface area (Å²) < 4.78 is 0. The standard InChI is InChI=1S/C11H19N5OS/c1-6(2)14-9-8(10(17)16-12)5-13-11(15-9)18-7(3)4/h5-7H,12H2,1-4H3,(H,16,17)(H,13,14,15). The highest BCUT2D eigenvalue weighted by atomic mass is 32.2. The van der Waals surface area contributed by atoms with E-state index in [9.17, 15) is 4.79 Å². The second kappa shape index (κ2) is 6.55. The number of carbonyl (C=O) groups is 1. The molecule has 1 aromatic heterocycles. The van der Waals surface area contributed by atoms with Crippen LogP contribution in [-0.2, 0) is 0 Å². The fraction of sp³-hybridized carbons (Fsp3) is 0.545. The van der Waals surface area contributed by atoms with E-state index in [0.717, 1.165) is 0 Å². The molecule has 0 saturated heterocycles. The Balaban J connectivity index is 3.07. The molecule has 0 atom stereocenters. The highest BCUT2D eigenvalue weighted by molar-refractivity contribution is 7.99. The Labute approximate surface area is 111 Å². The molecule has 4 N–H and O–H groups in total. The number of hydrogen-bond donors (Lipinski definition) is 3. The molecule has 18 heavy (non-hydrogen) atoms. The van der Waals surface area contributed by atoms with Crippen molar-refractivity contribution >= 4 is 23.5 Å². The Hall–Kier alpha value is -1.34. The van der Waals surface area contributed by atoms with Gasteiger partial charge in [0.05, 0.1) is 0 Å². The third-order valence-corrected chi connectivity index (χ3v) is 2.79. The van der Waals surface area contributed by atoms with Crippen molar-refractivity contribution in [3.05, 3.63) is 11.8 Å². The average molecular weight is 269 g/mol. The van der Waals surface area contributed by atoms with Gasteiger partial charge in [0.15, 0.2) is 5.16 Å². The van der Waals surface area contributed by atoms with Crippen LogP contribution in [0.3, 0.4) is 0 Å². The van der Waals surface area contributed by atoms with Gasteiger partial charge in [-0.05, 0) is 13.8 Å². The molecule has 0 spiro atoms. The molecule has 100 valence electrons. The summed E-state index contributed by atoms with van der Waals surface area (Å²) in [7, 11) is 0. The van der Waals surface area contributed by atoms with E-state index < -0.39 is 5.91 Å². The van der Waals surface area contributed by atoms with Crippen LogP contribution >= 0.6 is 11.8 Å².